The van der Waals surface area contributed by atoms with Crippen LogP contribution in [0.3, 0.4) is 0 Å². The number of benzene rings is 1. The van der Waals surface area contributed by atoms with Gasteiger partial charge in [-0.25, -0.2) is 13.4 Å². The van der Waals surface area contributed by atoms with Gasteiger partial charge in [-0.05, 0) is 32.7 Å². The minimum atomic E-state index is -3.31. The SMILES string of the molecule is C=CC(=O)Nc1cc(Nc2ncc(Cl)c(OC3CCN(S(C)(=O)=O)C3)n2)c(OC)cc1N(C)CCN(C)C. The van der Waals surface area contributed by atoms with Crippen molar-refractivity contribution in [2.75, 3.05) is 76.2 Å². The molecule has 2 N–H and O–H groups in total. The zero-order chi connectivity index (χ0) is 28.0. The average Bonchev–Trinajstić information content (AvgIpc) is 3.34. The lowest BCUT2D eigenvalue weighted by molar-refractivity contribution is -0.111. The van der Waals surface area contributed by atoms with Crippen molar-refractivity contribution in [2.45, 2.75) is 12.5 Å². The van der Waals surface area contributed by atoms with E-state index in [1.807, 2.05) is 32.1 Å². The highest BCUT2D eigenvalue weighted by molar-refractivity contribution is 7.88. The number of sulfonamides is 1. The van der Waals surface area contributed by atoms with Crippen molar-refractivity contribution in [3.8, 4) is 11.6 Å². The highest BCUT2D eigenvalue weighted by Gasteiger charge is 2.30. The summed E-state index contributed by atoms with van der Waals surface area (Å²) in [5, 5.41) is 6.14. The van der Waals surface area contributed by atoms with Gasteiger partial charge in [0.15, 0.2) is 0 Å². The number of ether oxygens (including phenoxy) is 2. The van der Waals surface area contributed by atoms with Crippen molar-refractivity contribution in [3.05, 3.63) is 36.0 Å². The van der Waals surface area contributed by atoms with Crippen LogP contribution in [0.1, 0.15) is 6.42 Å². The maximum Gasteiger partial charge on any atom is 0.247 e. The Balaban J connectivity index is 1.88. The molecule has 1 fully saturated rings. The predicted octanol–water partition coefficient (Wildman–Crippen LogP) is 2.42. The number of aromatic nitrogens is 2. The Morgan fingerprint density at radius 3 is 2.63 bits per heavy atom. The van der Waals surface area contributed by atoms with E-state index >= 15 is 0 Å². The first-order chi connectivity index (χ1) is 17.9. The summed E-state index contributed by atoms with van der Waals surface area (Å²) in [5.41, 5.74) is 1.79. The van der Waals surface area contributed by atoms with Gasteiger partial charge in [0.25, 0.3) is 0 Å². The van der Waals surface area contributed by atoms with Gasteiger partial charge >= 0.3 is 0 Å². The van der Waals surface area contributed by atoms with Crippen LogP contribution in [-0.2, 0) is 14.8 Å². The number of rotatable bonds is 12. The number of nitrogens with zero attached hydrogens (tertiary/aromatic N) is 5. The van der Waals surface area contributed by atoms with Crippen molar-refractivity contribution in [2.24, 2.45) is 0 Å². The Kier molecular flexibility index (Phi) is 9.77. The first-order valence-corrected chi connectivity index (χ1v) is 14.1. The molecule has 1 aromatic heterocycles. The second-order valence-corrected chi connectivity index (χ2v) is 11.5. The molecule has 3 rings (SSSR count). The van der Waals surface area contributed by atoms with Crippen LogP contribution in [0.2, 0.25) is 5.02 Å². The van der Waals surface area contributed by atoms with Crippen LogP contribution in [0, 0.1) is 0 Å². The van der Waals surface area contributed by atoms with Crippen LogP contribution in [0.4, 0.5) is 23.0 Å². The largest absolute Gasteiger partial charge is 0.494 e. The number of halogens is 1. The molecule has 1 aliphatic heterocycles. The molecule has 0 aliphatic carbocycles. The van der Waals surface area contributed by atoms with E-state index in [2.05, 4.69) is 32.1 Å². The minimum Gasteiger partial charge on any atom is -0.494 e. The van der Waals surface area contributed by atoms with Gasteiger partial charge in [0.2, 0.25) is 27.8 Å². The van der Waals surface area contributed by atoms with Gasteiger partial charge < -0.3 is 29.9 Å². The molecule has 0 radical (unpaired) electrons. The summed E-state index contributed by atoms with van der Waals surface area (Å²) in [6.45, 7) is 5.63. The number of hydrogen-bond donors (Lipinski definition) is 2. The zero-order valence-electron chi connectivity index (χ0n) is 22.2. The van der Waals surface area contributed by atoms with Gasteiger partial charge in [0, 0.05) is 32.7 Å². The Bertz CT molecular complexity index is 1280. The Morgan fingerprint density at radius 2 is 2.03 bits per heavy atom. The first-order valence-electron chi connectivity index (χ1n) is 11.8. The second kappa shape index (κ2) is 12.6. The first kappa shape index (κ1) is 29.4. The number of likely N-dealkylation sites (N-methyl/N-ethyl adjacent to an activating group) is 2. The number of anilines is 4. The fourth-order valence-corrected chi connectivity index (χ4v) is 4.78. The number of carbonyl (C=O) groups excluding carboxylic acids is 1. The molecule has 0 spiro atoms. The molecule has 1 saturated heterocycles. The van der Waals surface area contributed by atoms with Gasteiger partial charge in [-0.3, -0.25) is 4.79 Å². The standard InChI is InChI=1S/C24H34ClN7O5S/c1-7-22(33)27-18-12-19(21(36-5)13-20(18)31(4)11-10-30(2)3)28-24-26-14-17(25)23(29-24)37-16-8-9-32(15-16)38(6,34)35/h7,12-14,16H,1,8-11,15H2,2-6H3,(H,27,33)(H,26,28,29). The highest BCUT2D eigenvalue weighted by Crippen LogP contribution is 2.38. The molecule has 0 saturated carbocycles. The molecular weight excluding hydrogens is 534 g/mol. The molecule has 1 amide bonds. The van der Waals surface area contributed by atoms with Gasteiger partial charge in [0.1, 0.15) is 16.9 Å². The van der Waals surface area contributed by atoms with Gasteiger partial charge in [-0.15, -0.1) is 0 Å². The van der Waals surface area contributed by atoms with Crippen molar-refractivity contribution in [3.63, 3.8) is 0 Å². The van der Waals surface area contributed by atoms with Crippen molar-refractivity contribution >= 4 is 50.5 Å². The topological polar surface area (TPSA) is 129 Å². The van der Waals surface area contributed by atoms with Crippen molar-refractivity contribution < 1.29 is 22.7 Å². The lowest BCUT2D eigenvalue weighted by Crippen LogP contribution is -2.30. The molecule has 0 bridgehead atoms. The Hall–Kier alpha value is -3.13. The quantitative estimate of drug-likeness (QED) is 0.369. The summed E-state index contributed by atoms with van der Waals surface area (Å²) in [5.74, 6) is 0.439. The Morgan fingerprint density at radius 1 is 1.29 bits per heavy atom. The molecule has 2 aromatic rings. The predicted molar refractivity (Wildman–Crippen MR) is 149 cm³/mol. The van der Waals surface area contributed by atoms with Crippen molar-refractivity contribution in [1.29, 1.82) is 0 Å². The lowest BCUT2D eigenvalue weighted by atomic mass is 10.2. The molecular formula is C24H34ClN7O5S. The fourth-order valence-electron chi connectivity index (χ4n) is 3.77. The molecule has 1 atom stereocenters. The number of hydrogen-bond acceptors (Lipinski definition) is 10. The second-order valence-electron chi connectivity index (χ2n) is 9.11. The number of carbonyl (C=O) groups is 1. The third-order valence-corrected chi connectivity index (χ3v) is 7.40. The summed E-state index contributed by atoms with van der Waals surface area (Å²) >= 11 is 6.27. The maximum absolute atomic E-state index is 12.2. The van der Waals surface area contributed by atoms with Crippen molar-refractivity contribution in [1.82, 2.24) is 19.2 Å². The molecule has 14 heteroatoms. The van der Waals surface area contributed by atoms with E-state index in [1.165, 1.54) is 29.9 Å². The number of methoxy groups -OCH3 is 1. The molecule has 12 nitrogen and oxygen atoms in total. The monoisotopic (exact) mass is 567 g/mol. The normalized spacial score (nSPS) is 15.8. The third-order valence-electron chi connectivity index (χ3n) is 5.87. The highest BCUT2D eigenvalue weighted by atomic mass is 35.5. The van der Waals surface area contributed by atoms with Crippen LogP contribution >= 0.6 is 11.6 Å². The van der Waals surface area contributed by atoms with Crippen LogP contribution in [-0.4, -0.2) is 100 Å². The molecule has 1 aliphatic rings. The molecule has 1 unspecified atom stereocenters. The third kappa shape index (κ3) is 7.69. The number of amides is 1. The fraction of sp³-hybridized carbons (Fsp3) is 0.458. The molecule has 38 heavy (non-hydrogen) atoms. The van der Waals surface area contributed by atoms with E-state index in [1.54, 1.807) is 6.07 Å². The van der Waals surface area contributed by atoms with Crippen LogP contribution < -0.4 is 25.0 Å². The average molecular weight is 568 g/mol. The summed E-state index contributed by atoms with van der Waals surface area (Å²) in [7, 11) is 4.13. The van der Waals surface area contributed by atoms with E-state index in [9.17, 15) is 13.2 Å². The van der Waals surface area contributed by atoms with E-state index in [4.69, 9.17) is 21.1 Å². The summed E-state index contributed by atoms with van der Waals surface area (Å²) < 4.78 is 36.5. The number of nitrogens with one attached hydrogen (secondary N) is 2. The van der Waals surface area contributed by atoms with Gasteiger partial charge in [-0.1, -0.05) is 18.2 Å². The van der Waals surface area contributed by atoms with E-state index in [0.717, 1.165) is 12.2 Å². The van der Waals surface area contributed by atoms with E-state index in [0.29, 0.717) is 36.6 Å². The summed E-state index contributed by atoms with van der Waals surface area (Å²) in [4.78, 5) is 24.9. The Labute approximate surface area is 228 Å². The molecule has 208 valence electrons. The van der Waals surface area contributed by atoms with E-state index in [-0.39, 0.29) is 29.3 Å². The lowest BCUT2D eigenvalue weighted by Gasteiger charge is -2.26. The maximum atomic E-state index is 12.2. The zero-order valence-corrected chi connectivity index (χ0v) is 23.8. The smallest absolute Gasteiger partial charge is 0.247 e. The minimum absolute atomic E-state index is 0.128. The van der Waals surface area contributed by atoms with Crippen LogP contribution in [0.25, 0.3) is 0 Å². The summed E-state index contributed by atoms with van der Waals surface area (Å²) in [6.07, 6.45) is 3.88. The molecule has 1 aromatic carbocycles. The molecule has 2 heterocycles. The van der Waals surface area contributed by atoms with Gasteiger partial charge in [-0.2, -0.15) is 9.29 Å². The van der Waals surface area contributed by atoms with Gasteiger partial charge in [0.05, 0.1) is 43.2 Å². The van der Waals surface area contributed by atoms with Crippen LogP contribution in [0.5, 0.6) is 11.6 Å². The van der Waals surface area contributed by atoms with Crippen LogP contribution in [0.15, 0.2) is 31.0 Å². The van der Waals surface area contributed by atoms with E-state index < -0.39 is 16.1 Å². The summed E-state index contributed by atoms with van der Waals surface area (Å²) in [6, 6.07) is 3.53.